The van der Waals surface area contributed by atoms with E-state index in [4.69, 9.17) is 11.6 Å². The maximum atomic E-state index is 5.68. The molecular formula is C8H10ClN3. The Labute approximate surface area is 76.5 Å². The molecule has 0 atom stereocenters. The van der Waals surface area contributed by atoms with Crippen molar-refractivity contribution in [3.05, 3.63) is 28.5 Å². The van der Waals surface area contributed by atoms with Gasteiger partial charge >= 0.3 is 0 Å². The molecule has 0 spiro atoms. The second kappa shape index (κ2) is 4.07. The monoisotopic (exact) mass is 183 g/mol. The van der Waals surface area contributed by atoms with Crippen LogP contribution in [0.15, 0.2) is 17.2 Å². The molecule has 3 nitrogen and oxygen atoms in total. The summed E-state index contributed by atoms with van der Waals surface area (Å²) in [4.78, 5) is 4.07. The van der Waals surface area contributed by atoms with Crippen LogP contribution < -0.4 is 5.43 Å². The van der Waals surface area contributed by atoms with E-state index in [-0.39, 0.29) is 0 Å². The highest BCUT2D eigenvalue weighted by atomic mass is 35.5. The number of nitrogens with zero attached hydrogens (tertiary/aromatic N) is 2. The van der Waals surface area contributed by atoms with Gasteiger partial charge in [-0.05, 0) is 19.1 Å². The average Bonchev–Trinajstić information content (AvgIpc) is 2.03. The van der Waals surface area contributed by atoms with E-state index in [2.05, 4.69) is 15.5 Å². The van der Waals surface area contributed by atoms with Gasteiger partial charge in [0.15, 0.2) is 0 Å². The SMILES string of the molecule is CN/N=C/c1ccc(Cl)nc1C. The van der Waals surface area contributed by atoms with Gasteiger partial charge in [0, 0.05) is 18.3 Å². The first kappa shape index (κ1) is 9.00. The Bertz CT molecular complexity index is 296. The van der Waals surface area contributed by atoms with Crippen molar-refractivity contribution >= 4 is 17.8 Å². The third-order valence-electron chi connectivity index (χ3n) is 1.43. The minimum atomic E-state index is 0.508. The lowest BCUT2D eigenvalue weighted by Gasteiger charge is -1.98. The number of hydrazone groups is 1. The quantitative estimate of drug-likeness (QED) is 0.430. The highest BCUT2D eigenvalue weighted by molar-refractivity contribution is 6.29. The number of hydrogen-bond acceptors (Lipinski definition) is 3. The van der Waals surface area contributed by atoms with E-state index in [1.54, 1.807) is 19.3 Å². The van der Waals surface area contributed by atoms with Crippen molar-refractivity contribution < 1.29 is 0 Å². The van der Waals surface area contributed by atoms with E-state index >= 15 is 0 Å². The summed E-state index contributed by atoms with van der Waals surface area (Å²) in [6.45, 7) is 1.89. The molecule has 0 aliphatic heterocycles. The van der Waals surface area contributed by atoms with Crippen molar-refractivity contribution in [3.63, 3.8) is 0 Å². The molecule has 1 rings (SSSR count). The van der Waals surface area contributed by atoms with Crippen LogP contribution in [0.3, 0.4) is 0 Å². The van der Waals surface area contributed by atoms with Crippen molar-refractivity contribution in [2.45, 2.75) is 6.92 Å². The van der Waals surface area contributed by atoms with Crippen LogP contribution >= 0.6 is 11.6 Å². The normalized spacial score (nSPS) is 10.6. The van der Waals surface area contributed by atoms with Gasteiger partial charge in [-0.25, -0.2) is 4.98 Å². The van der Waals surface area contributed by atoms with Crippen molar-refractivity contribution in [3.8, 4) is 0 Å². The predicted octanol–water partition coefficient (Wildman–Crippen LogP) is 1.60. The van der Waals surface area contributed by atoms with Crippen LogP contribution in [-0.2, 0) is 0 Å². The maximum absolute atomic E-state index is 5.68. The molecule has 0 bridgehead atoms. The number of halogens is 1. The van der Waals surface area contributed by atoms with Crippen molar-refractivity contribution in [1.29, 1.82) is 0 Å². The summed E-state index contributed by atoms with van der Waals surface area (Å²) in [6, 6.07) is 3.62. The van der Waals surface area contributed by atoms with E-state index in [9.17, 15) is 0 Å². The number of hydrogen-bond donors (Lipinski definition) is 1. The molecule has 0 radical (unpaired) electrons. The molecule has 12 heavy (non-hydrogen) atoms. The summed E-state index contributed by atoms with van der Waals surface area (Å²) in [5.74, 6) is 0. The number of nitrogens with one attached hydrogen (secondary N) is 1. The second-order valence-electron chi connectivity index (χ2n) is 2.29. The van der Waals surface area contributed by atoms with E-state index in [0.717, 1.165) is 11.3 Å². The van der Waals surface area contributed by atoms with Crippen molar-refractivity contribution in [2.75, 3.05) is 7.05 Å². The summed E-state index contributed by atoms with van der Waals surface area (Å²) in [5.41, 5.74) is 4.51. The van der Waals surface area contributed by atoms with Gasteiger partial charge in [-0.3, -0.25) is 0 Å². The summed E-state index contributed by atoms with van der Waals surface area (Å²) < 4.78 is 0. The number of aromatic nitrogens is 1. The van der Waals surface area contributed by atoms with Crippen LogP contribution in [0.25, 0.3) is 0 Å². The zero-order valence-electron chi connectivity index (χ0n) is 7.00. The van der Waals surface area contributed by atoms with Crippen LogP contribution in [0.1, 0.15) is 11.3 Å². The molecule has 1 aromatic heterocycles. The highest BCUT2D eigenvalue weighted by Crippen LogP contribution is 2.08. The molecule has 0 amide bonds. The standard InChI is InChI=1S/C8H10ClN3/c1-6-7(5-11-10-2)3-4-8(9)12-6/h3-5,10H,1-2H3/b11-5+. The fourth-order valence-corrected chi connectivity index (χ4v) is 1.00. The lowest BCUT2D eigenvalue weighted by atomic mass is 10.2. The second-order valence-corrected chi connectivity index (χ2v) is 2.68. The molecule has 0 saturated heterocycles. The molecule has 0 aromatic carbocycles. The first-order valence-corrected chi connectivity index (χ1v) is 3.95. The molecule has 1 aromatic rings. The van der Waals surface area contributed by atoms with Crippen LogP contribution in [0, 0.1) is 6.92 Å². The molecule has 0 fully saturated rings. The molecule has 64 valence electrons. The molecule has 0 aliphatic rings. The van der Waals surface area contributed by atoms with Gasteiger partial charge in [0.2, 0.25) is 0 Å². The fourth-order valence-electron chi connectivity index (χ4n) is 0.812. The molecule has 4 heteroatoms. The average molecular weight is 184 g/mol. The molecule has 1 N–H and O–H groups in total. The van der Waals surface area contributed by atoms with Gasteiger partial charge < -0.3 is 5.43 Å². The minimum Gasteiger partial charge on any atom is -0.313 e. The summed E-state index contributed by atoms with van der Waals surface area (Å²) in [6.07, 6.45) is 1.71. The third-order valence-corrected chi connectivity index (χ3v) is 1.64. The summed E-state index contributed by atoms with van der Waals surface area (Å²) in [5, 5.41) is 4.38. The topological polar surface area (TPSA) is 37.3 Å². The first-order chi connectivity index (χ1) is 5.74. The lowest BCUT2D eigenvalue weighted by molar-refractivity contribution is 0.907. The van der Waals surface area contributed by atoms with Gasteiger partial charge in [0.1, 0.15) is 5.15 Å². The Kier molecular flexibility index (Phi) is 3.05. The molecule has 0 unspecified atom stereocenters. The van der Waals surface area contributed by atoms with Crippen LogP contribution in [-0.4, -0.2) is 18.2 Å². The largest absolute Gasteiger partial charge is 0.313 e. The predicted molar refractivity (Wildman–Crippen MR) is 50.6 cm³/mol. The number of pyridine rings is 1. The minimum absolute atomic E-state index is 0.508. The van der Waals surface area contributed by atoms with E-state index in [0.29, 0.717) is 5.15 Å². The summed E-state index contributed by atoms with van der Waals surface area (Å²) >= 11 is 5.68. The van der Waals surface area contributed by atoms with Gasteiger partial charge in [-0.15, -0.1) is 0 Å². The van der Waals surface area contributed by atoms with Crippen LogP contribution in [0.2, 0.25) is 5.15 Å². The summed E-state index contributed by atoms with van der Waals surface area (Å²) in [7, 11) is 1.75. The van der Waals surface area contributed by atoms with E-state index < -0.39 is 0 Å². The zero-order chi connectivity index (χ0) is 8.97. The Hall–Kier alpha value is -1.09. The molecular weight excluding hydrogens is 174 g/mol. The fraction of sp³-hybridized carbons (Fsp3) is 0.250. The highest BCUT2D eigenvalue weighted by Gasteiger charge is 1.96. The van der Waals surface area contributed by atoms with Crippen LogP contribution in [0.4, 0.5) is 0 Å². The lowest BCUT2D eigenvalue weighted by Crippen LogP contribution is -1.97. The molecule has 0 aliphatic carbocycles. The smallest absolute Gasteiger partial charge is 0.129 e. The molecule has 0 saturated carbocycles. The van der Waals surface area contributed by atoms with Crippen molar-refractivity contribution in [2.24, 2.45) is 5.10 Å². The van der Waals surface area contributed by atoms with Gasteiger partial charge in [-0.1, -0.05) is 11.6 Å². The maximum Gasteiger partial charge on any atom is 0.129 e. The Morgan fingerprint density at radius 2 is 2.33 bits per heavy atom. The van der Waals surface area contributed by atoms with Gasteiger partial charge in [-0.2, -0.15) is 5.10 Å². The van der Waals surface area contributed by atoms with Gasteiger partial charge in [0.25, 0.3) is 0 Å². The van der Waals surface area contributed by atoms with Crippen molar-refractivity contribution in [1.82, 2.24) is 10.4 Å². The Balaban J connectivity index is 2.94. The zero-order valence-corrected chi connectivity index (χ0v) is 7.76. The number of rotatable bonds is 2. The number of aryl methyl sites for hydroxylation is 1. The Morgan fingerprint density at radius 3 is 2.92 bits per heavy atom. The van der Waals surface area contributed by atoms with Gasteiger partial charge in [0.05, 0.1) is 6.21 Å². The Morgan fingerprint density at radius 1 is 1.58 bits per heavy atom. The third kappa shape index (κ3) is 2.20. The van der Waals surface area contributed by atoms with Crippen LogP contribution in [0.5, 0.6) is 0 Å². The molecule has 1 heterocycles. The van der Waals surface area contributed by atoms with E-state index in [1.807, 2.05) is 13.0 Å². The first-order valence-electron chi connectivity index (χ1n) is 3.57. The van der Waals surface area contributed by atoms with E-state index in [1.165, 1.54) is 0 Å².